The van der Waals surface area contributed by atoms with Crippen molar-refractivity contribution < 1.29 is 41.9 Å². The monoisotopic (exact) mass is 614 g/mol. The number of esters is 2. The number of nitro benzene ring substituents is 1. The number of non-ortho nitro benzene ring substituents is 1. The van der Waals surface area contributed by atoms with Crippen molar-refractivity contribution >= 4 is 33.2 Å². The molecule has 0 spiro atoms. The van der Waals surface area contributed by atoms with Crippen LogP contribution >= 0.6 is 0 Å². The van der Waals surface area contributed by atoms with Crippen LogP contribution in [-0.2, 0) is 44.8 Å². The normalized spacial score (nSPS) is 21.7. The molecule has 3 unspecified atom stereocenters. The van der Waals surface area contributed by atoms with Crippen LogP contribution in [0.15, 0.2) is 69.7 Å². The summed E-state index contributed by atoms with van der Waals surface area (Å²) in [4.78, 5) is 41.7. The zero-order valence-electron chi connectivity index (χ0n) is 24.6. The van der Waals surface area contributed by atoms with E-state index in [0.29, 0.717) is 17.0 Å². The average molecular weight is 615 g/mol. The van der Waals surface area contributed by atoms with Gasteiger partial charge in [-0.1, -0.05) is 24.3 Å². The van der Waals surface area contributed by atoms with Crippen LogP contribution in [0.2, 0.25) is 0 Å². The molecule has 0 amide bonds. The van der Waals surface area contributed by atoms with Gasteiger partial charge in [0.15, 0.2) is 15.6 Å². The summed E-state index contributed by atoms with van der Waals surface area (Å²) in [5, 5.41) is 11.4. The molecule has 2 heterocycles. The van der Waals surface area contributed by atoms with Crippen LogP contribution in [0.25, 0.3) is 0 Å². The van der Waals surface area contributed by atoms with Crippen molar-refractivity contribution in [3.8, 4) is 0 Å². The Morgan fingerprint density at radius 1 is 1.14 bits per heavy atom. The van der Waals surface area contributed by atoms with Crippen molar-refractivity contribution in [2.45, 2.75) is 56.8 Å². The number of ether oxygens (including phenoxy) is 4. The van der Waals surface area contributed by atoms with Gasteiger partial charge in [-0.25, -0.2) is 13.2 Å². The largest absolute Gasteiger partial charge is 0.468 e. The molecule has 4 rings (SSSR count). The summed E-state index contributed by atoms with van der Waals surface area (Å²) in [6, 6.07) is 12.0. The van der Waals surface area contributed by atoms with Gasteiger partial charge in [-0.15, -0.1) is 0 Å². The second kappa shape index (κ2) is 12.7. The average Bonchev–Trinajstić information content (AvgIpc) is 3.29. The molecule has 0 aliphatic carbocycles. The number of hydrogen-bond acceptors (Lipinski definition) is 11. The predicted octanol–water partition coefficient (Wildman–Crippen LogP) is 3.93. The Morgan fingerprint density at radius 2 is 1.84 bits per heavy atom. The van der Waals surface area contributed by atoms with E-state index < -0.39 is 50.4 Å². The molecule has 0 radical (unpaired) electrons. The number of carbonyl (C=O) groups is 2. The lowest BCUT2D eigenvalue weighted by atomic mass is 9.75. The number of hydrogen-bond donors (Lipinski definition) is 0. The maximum absolute atomic E-state index is 13.4. The minimum Gasteiger partial charge on any atom is -0.468 e. The smallest absolute Gasteiger partial charge is 0.336 e. The SMILES string of the molecule is COC(=O)C1C(C)=NC(C)=C(C(=O)OCCc2ccc(S(=O)(=O)CC3COC(C)(C)O3)cc2)C1c1cccc([N+](=O)[O-])c1. The maximum atomic E-state index is 13.4. The lowest BCUT2D eigenvalue weighted by Gasteiger charge is -2.31. The molecule has 2 aromatic rings. The van der Waals surface area contributed by atoms with E-state index in [4.69, 9.17) is 18.9 Å². The molecule has 2 aliphatic heterocycles. The molecule has 43 heavy (non-hydrogen) atoms. The Hall–Kier alpha value is -3.94. The van der Waals surface area contributed by atoms with Crippen molar-refractivity contribution in [2.75, 3.05) is 26.1 Å². The second-order valence-electron chi connectivity index (χ2n) is 10.8. The molecule has 0 aromatic heterocycles. The summed E-state index contributed by atoms with van der Waals surface area (Å²) in [6.45, 7) is 6.85. The van der Waals surface area contributed by atoms with E-state index in [1.807, 2.05) is 0 Å². The molecule has 13 heteroatoms. The molecule has 0 saturated carbocycles. The molecular weight excluding hydrogens is 580 g/mol. The number of nitro groups is 1. The fourth-order valence-electron chi connectivity index (χ4n) is 5.32. The number of methoxy groups -OCH3 is 1. The quantitative estimate of drug-likeness (QED) is 0.218. The lowest BCUT2D eigenvalue weighted by Crippen LogP contribution is -2.36. The van der Waals surface area contributed by atoms with Crippen molar-refractivity contribution in [1.82, 2.24) is 0 Å². The molecule has 1 fully saturated rings. The molecule has 2 aliphatic rings. The zero-order valence-corrected chi connectivity index (χ0v) is 25.4. The van der Waals surface area contributed by atoms with Gasteiger partial charge in [-0.05, 0) is 51.0 Å². The zero-order chi connectivity index (χ0) is 31.5. The van der Waals surface area contributed by atoms with Gasteiger partial charge in [0, 0.05) is 35.9 Å². The second-order valence-corrected chi connectivity index (χ2v) is 12.9. The molecule has 1 saturated heterocycles. The van der Waals surface area contributed by atoms with Gasteiger partial charge in [0.1, 0.15) is 5.92 Å². The maximum Gasteiger partial charge on any atom is 0.336 e. The first-order valence-corrected chi connectivity index (χ1v) is 15.3. The first-order valence-electron chi connectivity index (χ1n) is 13.6. The van der Waals surface area contributed by atoms with Crippen LogP contribution in [0, 0.1) is 16.0 Å². The number of nitrogens with zero attached hydrogens (tertiary/aromatic N) is 2. The number of benzene rings is 2. The molecular formula is C30H34N2O10S. The highest BCUT2D eigenvalue weighted by molar-refractivity contribution is 7.91. The number of rotatable bonds is 10. The predicted molar refractivity (Wildman–Crippen MR) is 155 cm³/mol. The topological polar surface area (TPSA) is 161 Å². The van der Waals surface area contributed by atoms with Crippen LogP contribution in [-0.4, -0.2) is 69.0 Å². The Labute approximate surface area is 249 Å². The van der Waals surface area contributed by atoms with Crippen molar-refractivity contribution in [1.29, 1.82) is 0 Å². The number of sulfone groups is 1. The van der Waals surface area contributed by atoms with Crippen molar-refractivity contribution in [3.63, 3.8) is 0 Å². The van der Waals surface area contributed by atoms with E-state index in [2.05, 4.69) is 4.99 Å². The van der Waals surface area contributed by atoms with E-state index in [0.717, 1.165) is 5.56 Å². The third-order valence-corrected chi connectivity index (χ3v) is 9.12. The van der Waals surface area contributed by atoms with E-state index in [9.17, 15) is 28.1 Å². The number of allylic oxidation sites excluding steroid dienone is 1. The van der Waals surface area contributed by atoms with Crippen LogP contribution in [0.3, 0.4) is 0 Å². The fraction of sp³-hybridized carbons (Fsp3) is 0.433. The summed E-state index contributed by atoms with van der Waals surface area (Å²) in [5.74, 6) is -4.29. The van der Waals surface area contributed by atoms with Crippen molar-refractivity contribution in [2.24, 2.45) is 10.9 Å². The Kier molecular flexibility index (Phi) is 9.47. The summed E-state index contributed by atoms with van der Waals surface area (Å²) in [7, 11) is -2.39. The van der Waals surface area contributed by atoms with E-state index in [1.54, 1.807) is 45.9 Å². The third kappa shape index (κ3) is 7.35. The van der Waals surface area contributed by atoms with Gasteiger partial charge in [0.2, 0.25) is 0 Å². The third-order valence-electron chi connectivity index (χ3n) is 7.32. The molecule has 0 bridgehead atoms. The summed E-state index contributed by atoms with van der Waals surface area (Å²) >= 11 is 0. The lowest BCUT2D eigenvalue weighted by molar-refractivity contribution is -0.384. The van der Waals surface area contributed by atoms with Gasteiger partial charge in [0.25, 0.3) is 5.69 Å². The highest BCUT2D eigenvalue weighted by Crippen LogP contribution is 2.41. The summed E-state index contributed by atoms with van der Waals surface area (Å²) in [6.07, 6.45) is -0.273. The Morgan fingerprint density at radius 3 is 2.44 bits per heavy atom. The van der Waals surface area contributed by atoms with Crippen molar-refractivity contribution in [3.05, 3.63) is 81.0 Å². The highest BCUT2D eigenvalue weighted by Gasteiger charge is 2.42. The van der Waals surface area contributed by atoms with Crippen LogP contribution < -0.4 is 0 Å². The standard InChI is InChI=1S/C30H34N2O10S/c1-18-25(28(33)39-5)27(21-7-6-8-22(15-21)32(35)36)26(19(2)31-18)29(34)40-14-13-20-9-11-24(12-10-20)43(37,38)17-23-16-41-30(3,4)42-23/h6-12,15,23,25,27H,13-14,16-17H2,1-5H3. The van der Waals surface area contributed by atoms with Gasteiger partial charge in [0.05, 0.1) is 47.6 Å². The van der Waals surface area contributed by atoms with E-state index >= 15 is 0 Å². The van der Waals surface area contributed by atoms with Gasteiger partial charge < -0.3 is 18.9 Å². The van der Waals surface area contributed by atoms with Gasteiger partial charge in [-0.2, -0.15) is 0 Å². The molecule has 0 N–H and O–H groups in total. The van der Waals surface area contributed by atoms with Crippen LogP contribution in [0.4, 0.5) is 5.69 Å². The Bertz CT molecular complexity index is 1580. The first kappa shape index (κ1) is 32.0. The Balaban J connectivity index is 1.48. The molecule has 230 valence electrons. The minimum atomic E-state index is -3.61. The first-order chi connectivity index (χ1) is 20.2. The van der Waals surface area contributed by atoms with E-state index in [1.165, 1.54) is 37.4 Å². The molecule has 12 nitrogen and oxygen atoms in total. The summed E-state index contributed by atoms with van der Waals surface area (Å²) in [5.41, 5.74) is 1.76. The van der Waals surface area contributed by atoms with Crippen LogP contribution in [0.1, 0.15) is 44.7 Å². The number of carbonyl (C=O) groups excluding carboxylic acids is 2. The number of aliphatic imine (C=N–C) groups is 1. The van der Waals surface area contributed by atoms with Gasteiger partial charge >= 0.3 is 11.9 Å². The fourth-order valence-corrected chi connectivity index (χ4v) is 6.71. The van der Waals surface area contributed by atoms with E-state index in [-0.39, 0.29) is 41.5 Å². The van der Waals surface area contributed by atoms with Gasteiger partial charge in [-0.3, -0.25) is 19.9 Å². The van der Waals surface area contributed by atoms with Crippen LogP contribution in [0.5, 0.6) is 0 Å². The molecule has 3 atom stereocenters. The molecule has 2 aromatic carbocycles. The highest BCUT2D eigenvalue weighted by atomic mass is 32.2. The summed E-state index contributed by atoms with van der Waals surface area (Å²) < 4.78 is 47.4. The minimum absolute atomic E-state index is 0.0444.